The summed E-state index contributed by atoms with van der Waals surface area (Å²) < 4.78 is 248. The van der Waals surface area contributed by atoms with Crippen molar-refractivity contribution in [2.45, 2.75) is 193 Å². The molecule has 2 aliphatic rings. The number of pyridine rings is 1. The van der Waals surface area contributed by atoms with Crippen LogP contribution in [0.5, 0.6) is 5.75 Å². The lowest BCUT2D eigenvalue weighted by molar-refractivity contribution is -0.143. The molecule has 3 atom stereocenters. The number of sulfone groups is 1. The van der Waals surface area contributed by atoms with Gasteiger partial charge in [0.1, 0.15) is 57.8 Å². The van der Waals surface area contributed by atoms with E-state index >= 15 is 35.5 Å². The number of nitrogens with zero attached hydrogens (tertiary/aromatic N) is 6. The summed E-state index contributed by atoms with van der Waals surface area (Å²) in [5, 5.41) is 8.64. The van der Waals surface area contributed by atoms with Gasteiger partial charge in [-0.3, -0.25) is 28.0 Å². The van der Waals surface area contributed by atoms with Crippen LogP contribution >= 0.6 is 19.4 Å². The van der Waals surface area contributed by atoms with Crippen LogP contribution < -0.4 is 14.1 Å². The molecule has 3 aromatic carbocycles. The summed E-state index contributed by atoms with van der Waals surface area (Å²) in [6, 6.07) is 6.40. The summed E-state index contributed by atoms with van der Waals surface area (Å²) in [7, 11) is -14.1. The first-order valence-electron chi connectivity index (χ1n) is 31.1. The molecule has 0 bridgehead atoms. The Labute approximate surface area is 580 Å². The quantitative estimate of drug-likeness (QED) is 0.0286. The number of anilines is 1. The molecule has 35 heteroatoms. The SMILES string of the molecule is CC(C)OP(=O)(Oc1cc(C(=O)OC(C)(C)C)cc(C(=O)OC(C)(C)C)c1C(C)(C)CC(=O)N(c1nn(CC(F)(F)F)c2c(-c3ccc(C#CC(C)(C)S(C)(=O)=O)nc3[C@H](Cc3cc(F)cc(F)c3)NC(=O)Cn3nc(C(F)(F)F)c4c3C(F)(F)[C@@H]3C[C@H]43)ccc(Cl)c12)S(C)(=O)=O)OC(C)C. The number of fused-ring (bicyclic) bond motifs is 4. The van der Waals surface area contributed by atoms with Gasteiger partial charge >= 0.3 is 32.1 Å². The second-order valence-electron chi connectivity index (χ2n) is 28.2. The lowest BCUT2D eigenvalue weighted by Crippen LogP contribution is -2.40. The smallest absolute Gasteiger partial charge is 0.456 e. The number of phosphoric ester groups is 1. The largest absolute Gasteiger partial charge is 0.530 e. The van der Waals surface area contributed by atoms with E-state index in [9.17, 15) is 49.0 Å². The Balaban J connectivity index is 1.38. The Morgan fingerprint density at radius 3 is 1.90 bits per heavy atom. The molecular formula is C66H73ClF10N7O14PS2. The number of sulfonamides is 1. The standard InChI is InChI=1S/C66H73ClF10N7O14PS2/c1-33(2)96-99(89,97-34(3)4)98-47-27-36(58(87)94-60(5,6)7)26-43(59(88)95-61(8,9)10)52(47)62(11,12)30-49(86)84(101(16,92)93)57-51-45(67)20-19-41(54(51)83(81-57)32-64(70,71)72)40-18-17-39(21-22-63(13,14)100(15,90)91)78-53(40)46(25-35-23-37(68)28-38(69)24-35)79-48(85)31-82-56-50(55(80-82)66(75,76)77)42-29-44(42)65(56,73)74/h17-20,23-24,26-28,33-34,42,44,46H,25,29-32H2,1-16H3,(H,79,85)/t42-,44+,46-/m0/s1. The van der Waals surface area contributed by atoms with Gasteiger partial charge in [-0.15, -0.1) is 0 Å². The molecule has 101 heavy (non-hydrogen) atoms. The summed E-state index contributed by atoms with van der Waals surface area (Å²) in [4.78, 5) is 63.3. The van der Waals surface area contributed by atoms with Crippen LogP contribution in [0.3, 0.4) is 0 Å². The second-order valence-corrected chi connectivity index (χ2v) is 34.5. The Morgan fingerprint density at radius 2 is 1.37 bits per heavy atom. The predicted octanol–water partition coefficient (Wildman–Crippen LogP) is 14.2. The number of carbonyl (C=O) groups is 4. The number of hydrogen-bond donors (Lipinski definition) is 1. The van der Waals surface area contributed by atoms with Crippen molar-refractivity contribution in [3.8, 4) is 28.7 Å². The number of benzene rings is 3. The first-order valence-corrected chi connectivity index (χ1v) is 36.6. The highest BCUT2D eigenvalue weighted by Crippen LogP contribution is 2.68. The van der Waals surface area contributed by atoms with Gasteiger partial charge in [-0.2, -0.15) is 49.6 Å². The zero-order chi connectivity index (χ0) is 76.0. The number of esters is 2. The van der Waals surface area contributed by atoms with E-state index in [1.807, 2.05) is 0 Å². The molecule has 0 radical (unpaired) electrons. The maximum absolute atomic E-state index is 15.9. The zero-order valence-electron chi connectivity index (χ0n) is 57.4. The number of alkyl halides is 8. The fraction of sp³-hybridized carbons (Fsp3) is 0.500. The summed E-state index contributed by atoms with van der Waals surface area (Å²) in [5.41, 5.74) is -12.5. The summed E-state index contributed by atoms with van der Waals surface area (Å²) in [5.74, 6) is -10.9. The third-order valence-corrected chi connectivity index (χ3v) is 20.7. The summed E-state index contributed by atoms with van der Waals surface area (Å²) >= 11 is 6.94. The van der Waals surface area contributed by atoms with Gasteiger partial charge in [-0.1, -0.05) is 37.4 Å². The molecule has 1 saturated carbocycles. The average Bonchev–Trinajstić information content (AvgIpc) is 1.52. The fourth-order valence-corrected chi connectivity index (χ4v) is 14.3. The summed E-state index contributed by atoms with van der Waals surface area (Å²) in [6.45, 7) is 16.4. The number of rotatable bonds is 22. The minimum absolute atomic E-state index is 0.00311. The Morgan fingerprint density at radius 1 is 0.792 bits per heavy atom. The Bertz CT molecular complexity index is 4650. The third kappa shape index (κ3) is 18.1. The van der Waals surface area contributed by atoms with Crippen LogP contribution in [0.1, 0.15) is 182 Å². The van der Waals surface area contributed by atoms with Crippen molar-refractivity contribution in [1.29, 1.82) is 0 Å². The van der Waals surface area contributed by atoms with Crippen molar-refractivity contribution in [2.24, 2.45) is 5.92 Å². The van der Waals surface area contributed by atoms with Crippen molar-refractivity contribution in [1.82, 2.24) is 29.9 Å². The predicted molar refractivity (Wildman–Crippen MR) is 350 cm³/mol. The van der Waals surface area contributed by atoms with Gasteiger partial charge in [0.15, 0.2) is 21.3 Å². The van der Waals surface area contributed by atoms with Crippen molar-refractivity contribution in [3.63, 3.8) is 0 Å². The van der Waals surface area contributed by atoms with E-state index in [-0.39, 0.29) is 31.3 Å². The molecule has 2 amide bonds. The van der Waals surface area contributed by atoms with Crippen LogP contribution in [0.15, 0.2) is 54.6 Å². The Hall–Kier alpha value is -7.63. The molecule has 550 valence electrons. The highest BCUT2D eigenvalue weighted by molar-refractivity contribution is 7.93. The molecule has 1 N–H and O–H groups in total. The molecule has 1 fully saturated rings. The lowest BCUT2D eigenvalue weighted by atomic mass is 9.77. The van der Waals surface area contributed by atoms with Crippen LogP contribution in [-0.2, 0) is 89.6 Å². The molecule has 3 aromatic heterocycles. The van der Waals surface area contributed by atoms with Crippen molar-refractivity contribution in [3.05, 3.63) is 122 Å². The molecule has 6 aromatic rings. The van der Waals surface area contributed by atoms with E-state index in [4.69, 9.17) is 34.6 Å². The number of aromatic nitrogens is 5. The maximum atomic E-state index is 15.9. The number of carbonyl (C=O) groups excluding carboxylic acids is 4. The van der Waals surface area contributed by atoms with Crippen LogP contribution in [0.25, 0.3) is 22.0 Å². The van der Waals surface area contributed by atoms with Crippen molar-refractivity contribution < 1.29 is 108 Å². The molecule has 3 heterocycles. The number of hydrogen-bond acceptors (Lipinski definition) is 17. The molecular weight excluding hydrogens is 1440 g/mol. The van der Waals surface area contributed by atoms with E-state index in [1.54, 1.807) is 0 Å². The average molecular weight is 1510 g/mol. The number of amides is 2. The van der Waals surface area contributed by atoms with Crippen molar-refractivity contribution >= 4 is 79.8 Å². The molecule has 0 saturated heterocycles. The zero-order valence-corrected chi connectivity index (χ0v) is 60.7. The normalized spacial score (nSPS) is 16.2. The van der Waals surface area contributed by atoms with Crippen LogP contribution in [0.2, 0.25) is 5.02 Å². The first kappa shape index (κ1) is 79.1. The molecule has 2 aliphatic carbocycles. The fourth-order valence-electron chi connectivity index (χ4n) is 11.4. The highest BCUT2D eigenvalue weighted by Gasteiger charge is 2.68. The second kappa shape index (κ2) is 27.5. The highest BCUT2D eigenvalue weighted by atomic mass is 35.5. The van der Waals surface area contributed by atoms with Gasteiger partial charge in [0.05, 0.1) is 57.3 Å². The maximum Gasteiger partial charge on any atom is 0.530 e. The molecule has 8 rings (SSSR count). The van der Waals surface area contributed by atoms with E-state index in [1.165, 1.54) is 96.9 Å². The third-order valence-electron chi connectivity index (χ3n) is 15.6. The topological polar surface area (TPSA) is 264 Å². The van der Waals surface area contributed by atoms with E-state index in [0.29, 0.717) is 12.3 Å². The first-order chi connectivity index (χ1) is 45.9. The van der Waals surface area contributed by atoms with Gasteiger partial charge in [0.2, 0.25) is 21.8 Å². The monoisotopic (exact) mass is 1510 g/mol. The van der Waals surface area contributed by atoms with Gasteiger partial charge in [0, 0.05) is 52.3 Å². The number of phosphoric acid groups is 1. The summed E-state index contributed by atoms with van der Waals surface area (Å²) in [6.07, 6.45) is -13.3. The lowest BCUT2D eigenvalue weighted by Gasteiger charge is -2.33. The van der Waals surface area contributed by atoms with Gasteiger partial charge < -0.3 is 19.3 Å². The Kier molecular flexibility index (Phi) is 21.6. The molecule has 0 spiro atoms. The number of ether oxygens (including phenoxy) is 2. The number of halogens is 11. The van der Waals surface area contributed by atoms with Crippen LogP contribution in [0.4, 0.5) is 49.7 Å². The van der Waals surface area contributed by atoms with Crippen molar-refractivity contribution in [2.75, 3.05) is 16.8 Å². The van der Waals surface area contributed by atoms with Gasteiger partial charge in [0.25, 0.3) is 5.92 Å². The minimum atomic E-state index is -5.30. The van der Waals surface area contributed by atoms with Gasteiger partial charge in [-0.25, -0.2) is 44.8 Å². The molecule has 21 nitrogen and oxygen atoms in total. The van der Waals surface area contributed by atoms with E-state index < -0.39 is 237 Å². The minimum Gasteiger partial charge on any atom is -0.456 e. The van der Waals surface area contributed by atoms with E-state index in [0.717, 1.165) is 54.8 Å². The van der Waals surface area contributed by atoms with Gasteiger partial charge in [-0.05, 0) is 156 Å². The molecule has 0 aliphatic heterocycles. The van der Waals surface area contributed by atoms with Crippen LogP contribution in [-0.4, -0.2) is 112 Å². The molecule has 0 unspecified atom stereocenters. The number of nitrogens with one attached hydrogen (secondary N) is 1. The van der Waals surface area contributed by atoms with E-state index in [2.05, 4.69) is 32.3 Å². The van der Waals surface area contributed by atoms with Crippen LogP contribution in [0, 0.1) is 29.4 Å².